The zero-order valence-corrected chi connectivity index (χ0v) is 9.85. The number of carboxylic acid groups (broad SMARTS) is 1. The predicted molar refractivity (Wildman–Crippen MR) is 66.3 cm³/mol. The molecule has 0 saturated carbocycles. The van der Waals surface area contributed by atoms with Crippen LogP contribution in [0.1, 0.15) is 22.0 Å². The van der Waals surface area contributed by atoms with Crippen LogP contribution in [0.15, 0.2) is 48.8 Å². The third-order valence-corrected chi connectivity index (χ3v) is 2.50. The Bertz CT molecular complexity index is 572. The molecule has 0 spiro atoms. The van der Waals surface area contributed by atoms with Crippen molar-refractivity contribution in [3.63, 3.8) is 0 Å². The fourth-order valence-electron chi connectivity index (χ4n) is 1.57. The molecular weight excluding hydrogens is 246 g/mol. The van der Waals surface area contributed by atoms with Crippen LogP contribution >= 0.6 is 0 Å². The Hall–Kier alpha value is -2.76. The second-order valence-corrected chi connectivity index (χ2v) is 3.79. The molecule has 1 amide bonds. The van der Waals surface area contributed by atoms with Crippen molar-refractivity contribution in [2.75, 3.05) is 0 Å². The summed E-state index contributed by atoms with van der Waals surface area (Å²) in [4.78, 5) is 23.1. The highest BCUT2D eigenvalue weighted by atomic mass is 16.4. The molecule has 2 rings (SSSR count). The Morgan fingerprint density at radius 3 is 2.42 bits per heavy atom. The third-order valence-electron chi connectivity index (χ3n) is 2.50. The minimum Gasteiger partial charge on any atom is -0.479 e. The molecule has 0 aliphatic heterocycles. The highest BCUT2D eigenvalue weighted by Crippen LogP contribution is 2.13. The third kappa shape index (κ3) is 3.12. The molecule has 6 nitrogen and oxygen atoms in total. The molecule has 1 atom stereocenters. The van der Waals surface area contributed by atoms with Crippen LogP contribution in [-0.4, -0.2) is 27.2 Å². The Labute approximate surface area is 109 Å². The van der Waals surface area contributed by atoms with E-state index in [0.717, 1.165) is 0 Å². The van der Waals surface area contributed by atoms with Gasteiger partial charge in [-0.15, -0.1) is 0 Å². The molecule has 1 unspecified atom stereocenters. The van der Waals surface area contributed by atoms with Gasteiger partial charge in [0.1, 0.15) is 0 Å². The summed E-state index contributed by atoms with van der Waals surface area (Å²) >= 11 is 0. The van der Waals surface area contributed by atoms with Crippen molar-refractivity contribution < 1.29 is 14.7 Å². The fourth-order valence-corrected chi connectivity index (χ4v) is 1.57. The fraction of sp³-hybridized carbons (Fsp3) is 0.0769. The summed E-state index contributed by atoms with van der Waals surface area (Å²) in [5.41, 5.74) is 0.766. The number of aromatic nitrogens is 2. The lowest BCUT2D eigenvalue weighted by atomic mass is 10.1. The number of carbonyl (C=O) groups excluding carboxylic acids is 1. The maximum atomic E-state index is 11.9. The van der Waals surface area contributed by atoms with Crippen LogP contribution < -0.4 is 5.32 Å². The van der Waals surface area contributed by atoms with Gasteiger partial charge in [-0.25, -0.2) is 4.79 Å². The summed E-state index contributed by atoms with van der Waals surface area (Å²) in [6, 6.07) is 8.86. The summed E-state index contributed by atoms with van der Waals surface area (Å²) in [5, 5.41) is 18.7. The van der Waals surface area contributed by atoms with Gasteiger partial charge in [0.2, 0.25) is 0 Å². The summed E-state index contributed by atoms with van der Waals surface area (Å²) < 4.78 is 0. The molecule has 1 aromatic carbocycles. The van der Waals surface area contributed by atoms with Crippen molar-refractivity contribution in [3.8, 4) is 0 Å². The Morgan fingerprint density at radius 2 is 1.84 bits per heavy atom. The van der Waals surface area contributed by atoms with Crippen LogP contribution in [0, 0.1) is 0 Å². The second-order valence-electron chi connectivity index (χ2n) is 3.79. The molecule has 0 saturated heterocycles. The Morgan fingerprint density at radius 1 is 1.11 bits per heavy atom. The highest BCUT2D eigenvalue weighted by molar-refractivity contribution is 5.96. The minimum absolute atomic E-state index is 0.261. The van der Waals surface area contributed by atoms with E-state index in [1.54, 1.807) is 30.3 Å². The average Bonchev–Trinajstić information content (AvgIpc) is 2.46. The number of carbonyl (C=O) groups is 2. The van der Waals surface area contributed by atoms with Crippen molar-refractivity contribution >= 4 is 11.9 Å². The smallest absolute Gasteiger partial charge is 0.330 e. The molecule has 96 valence electrons. The molecule has 2 N–H and O–H groups in total. The van der Waals surface area contributed by atoms with Crippen molar-refractivity contribution in [1.29, 1.82) is 0 Å². The maximum absolute atomic E-state index is 11.9. The van der Waals surface area contributed by atoms with E-state index in [1.165, 1.54) is 18.5 Å². The van der Waals surface area contributed by atoms with Crippen molar-refractivity contribution in [2.45, 2.75) is 6.04 Å². The van der Waals surface area contributed by atoms with Crippen LogP contribution in [0.4, 0.5) is 0 Å². The van der Waals surface area contributed by atoms with Crippen molar-refractivity contribution in [1.82, 2.24) is 15.5 Å². The van der Waals surface area contributed by atoms with E-state index in [2.05, 4.69) is 15.5 Å². The van der Waals surface area contributed by atoms with Gasteiger partial charge in [0.05, 0.1) is 18.0 Å². The number of carboxylic acids is 1. The summed E-state index contributed by atoms with van der Waals surface area (Å²) in [6.45, 7) is 0. The number of nitrogens with one attached hydrogen (secondary N) is 1. The van der Waals surface area contributed by atoms with E-state index in [9.17, 15) is 14.7 Å². The molecule has 0 radical (unpaired) electrons. The quantitative estimate of drug-likeness (QED) is 0.853. The van der Waals surface area contributed by atoms with Gasteiger partial charge in [-0.1, -0.05) is 30.3 Å². The molecule has 0 fully saturated rings. The first-order valence-corrected chi connectivity index (χ1v) is 5.54. The van der Waals surface area contributed by atoms with Gasteiger partial charge in [0, 0.05) is 0 Å². The average molecular weight is 257 g/mol. The zero-order valence-electron chi connectivity index (χ0n) is 9.85. The summed E-state index contributed by atoms with van der Waals surface area (Å²) in [6.07, 6.45) is 2.65. The van der Waals surface area contributed by atoms with Crippen LogP contribution in [-0.2, 0) is 4.79 Å². The first-order valence-electron chi connectivity index (χ1n) is 5.54. The van der Waals surface area contributed by atoms with Gasteiger partial charge in [0.25, 0.3) is 5.91 Å². The first kappa shape index (κ1) is 12.7. The largest absolute Gasteiger partial charge is 0.479 e. The van der Waals surface area contributed by atoms with Crippen molar-refractivity contribution in [3.05, 3.63) is 59.9 Å². The van der Waals surface area contributed by atoms with Gasteiger partial charge in [-0.05, 0) is 11.6 Å². The molecule has 0 aliphatic rings. The molecule has 6 heteroatoms. The normalized spacial score (nSPS) is 11.6. The van der Waals surface area contributed by atoms with E-state index in [-0.39, 0.29) is 5.56 Å². The Balaban J connectivity index is 2.19. The zero-order chi connectivity index (χ0) is 13.7. The molecule has 0 aliphatic carbocycles. The molecule has 0 bridgehead atoms. The number of benzene rings is 1. The Kier molecular flexibility index (Phi) is 3.82. The lowest BCUT2D eigenvalue weighted by molar-refractivity contribution is -0.139. The number of hydrogen-bond acceptors (Lipinski definition) is 4. The van der Waals surface area contributed by atoms with Gasteiger partial charge in [-0.2, -0.15) is 10.2 Å². The number of nitrogens with zero attached hydrogens (tertiary/aromatic N) is 2. The maximum Gasteiger partial charge on any atom is 0.330 e. The van der Waals surface area contributed by atoms with Crippen LogP contribution in [0.25, 0.3) is 0 Å². The van der Waals surface area contributed by atoms with Crippen LogP contribution in [0.5, 0.6) is 0 Å². The minimum atomic E-state index is -1.12. The van der Waals surface area contributed by atoms with Gasteiger partial charge >= 0.3 is 5.97 Å². The predicted octanol–water partition coefficient (Wildman–Crippen LogP) is 1.03. The lowest BCUT2D eigenvalue weighted by Crippen LogP contribution is -2.33. The molecular formula is C13H11N3O3. The monoisotopic (exact) mass is 257 g/mol. The SMILES string of the molecule is O=C(NC(C(=O)O)c1ccccc1)c1ccnnc1. The van der Waals surface area contributed by atoms with Crippen molar-refractivity contribution in [2.24, 2.45) is 0 Å². The highest BCUT2D eigenvalue weighted by Gasteiger charge is 2.22. The van der Waals surface area contributed by atoms with Gasteiger partial charge in [0.15, 0.2) is 6.04 Å². The van der Waals surface area contributed by atoms with E-state index in [1.807, 2.05) is 0 Å². The van der Waals surface area contributed by atoms with Crippen LogP contribution in [0.2, 0.25) is 0 Å². The number of hydrogen-bond donors (Lipinski definition) is 2. The summed E-state index contributed by atoms with van der Waals surface area (Å²) in [5.74, 6) is -1.63. The number of amides is 1. The molecule has 2 aromatic rings. The topological polar surface area (TPSA) is 92.2 Å². The summed E-state index contributed by atoms with van der Waals surface area (Å²) in [7, 11) is 0. The second kappa shape index (κ2) is 5.72. The molecule has 19 heavy (non-hydrogen) atoms. The lowest BCUT2D eigenvalue weighted by Gasteiger charge is -2.14. The molecule has 1 aromatic heterocycles. The molecule has 1 heterocycles. The van der Waals surface area contributed by atoms with Gasteiger partial charge < -0.3 is 10.4 Å². The number of rotatable bonds is 4. The van der Waals surface area contributed by atoms with Gasteiger partial charge in [-0.3, -0.25) is 4.79 Å². The van der Waals surface area contributed by atoms with E-state index in [4.69, 9.17) is 0 Å². The van der Waals surface area contributed by atoms with Crippen LogP contribution in [0.3, 0.4) is 0 Å². The first-order chi connectivity index (χ1) is 9.18. The van der Waals surface area contributed by atoms with E-state index < -0.39 is 17.9 Å². The van der Waals surface area contributed by atoms with E-state index >= 15 is 0 Å². The standard InChI is InChI=1S/C13H11N3O3/c17-12(10-6-7-14-15-8-10)16-11(13(18)19)9-4-2-1-3-5-9/h1-8,11H,(H,16,17)(H,18,19). The number of aliphatic carboxylic acids is 1. The van der Waals surface area contributed by atoms with E-state index in [0.29, 0.717) is 5.56 Å².